The van der Waals surface area contributed by atoms with Crippen molar-refractivity contribution >= 4 is 32.1 Å². The number of imidazole rings is 1. The van der Waals surface area contributed by atoms with E-state index in [2.05, 4.69) is 15.0 Å². The predicted molar refractivity (Wildman–Crippen MR) is 72.2 cm³/mol. The van der Waals surface area contributed by atoms with Crippen molar-refractivity contribution in [3.63, 3.8) is 0 Å². The van der Waals surface area contributed by atoms with Gasteiger partial charge in [-0.1, -0.05) is 0 Å². The van der Waals surface area contributed by atoms with Crippen molar-refractivity contribution in [3.8, 4) is 0 Å². The Bertz CT molecular complexity index is 685. The van der Waals surface area contributed by atoms with Crippen molar-refractivity contribution in [2.45, 2.75) is 17.5 Å². The van der Waals surface area contributed by atoms with Crippen molar-refractivity contribution in [2.75, 3.05) is 25.6 Å². The van der Waals surface area contributed by atoms with E-state index in [-0.39, 0.29) is 11.1 Å². The Balaban J connectivity index is 2.03. The first-order valence-corrected chi connectivity index (χ1v) is 8.21. The van der Waals surface area contributed by atoms with Crippen molar-refractivity contribution in [2.24, 2.45) is 0 Å². The SMILES string of the molecule is CNc1nc2sccn2c1S(=O)(=O)NC1CCOC1. The van der Waals surface area contributed by atoms with Gasteiger partial charge in [-0.25, -0.2) is 18.1 Å². The number of ether oxygens (including phenoxy) is 1. The van der Waals surface area contributed by atoms with Gasteiger partial charge in [0, 0.05) is 31.3 Å². The van der Waals surface area contributed by atoms with E-state index in [0.717, 1.165) is 0 Å². The quantitative estimate of drug-likeness (QED) is 0.859. The maximum Gasteiger partial charge on any atom is 0.260 e. The number of hydrogen-bond acceptors (Lipinski definition) is 6. The van der Waals surface area contributed by atoms with Gasteiger partial charge >= 0.3 is 0 Å². The summed E-state index contributed by atoms with van der Waals surface area (Å²) in [6, 6.07) is -0.168. The zero-order valence-electron chi connectivity index (χ0n) is 10.3. The van der Waals surface area contributed by atoms with Crippen LogP contribution >= 0.6 is 11.3 Å². The molecule has 1 atom stereocenters. The largest absolute Gasteiger partial charge is 0.380 e. The van der Waals surface area contributed by atoms with Crippen LogP contribution in [0.25, 0.3) is 4.96 Å². The molecule has 0 spiro atoms. The Hall–Kier alpha value is -1.16. The first-order chi connectivity index (χ1) is 9.12. The molecule has 3 heterocycles. The molecule has 2 aromatic heterocycles. The third kappa shape index (κ3) is 2.22. The van der Waals surface area contributed by atoms with Crippen LogP contribution in [0.2, 0.25) is 0 Å². The third-order valence-corrected chi connectivity index (χ3v) is 5.26. The summed E-state index contributed by atoms with van der Waals surface area (Å²) in [5.41, 5.74) is 0. The molecule has 0 amide bonds. The van der Waals surface area contributed by atoms with Crippen molar-refractivity contribution < 1.29 is 13.2 Å². The molecular formula is C10H14N4O3S2. The monoisotopic (exact) mass is 302 g/mol. The van der Waals surface area contributed by atoms with Gasteiger partial charge < -0.3 is 10.1 Å². The molecule has 0 aliphatic carbocycles. The predicted octanol–water partition coefficient (Wildman–Crippen LogP) is 0.505. The summed E-state index contributed by atoms with van der Waals surface area (Å²) >= 11 is 1.39. The van der Waals surface area contributed by atoms with Crippen LogP contribution in [0.1, 0.15) is 6.42 Å². The Labute approximate surface area is 114 Å². The molecule has 3 rings (SSSR count). The van der Waals surface area contributed by atoms with Gasteiger partial charge in [-0.3, -0.25) is 4.40 Å². The zero-order chi connectivity index (χ0) is 13.5. The highest BCUT2D eigenvalue weighted by Gasteiger charge is 2.29. The molecule has 104 valence electrons. The van der Waals surface area contributed by atoms with E-state index in [9.17, 15) is 8.42 Å². The summed E-state index contributed by atoms with van der Waals surface area (Å²) in [4.78, 5) is 4.90. The van der Waals surface area contributed by atoms with E-state index in [1.54, 1.807) is 23.0 Å². The Kier molecular flexibility index (Phi) is 3.21. The molecular weight excluding hydrogens is 288 g/mol. The average Bonchev–Trinajstić information content (AvgIpc) is 3.01. The molecule has 19 heavy (non-hydrogen) atoms. The first kappa shape index (κ1) is 12.9. The normalized spacial score (nSPS) is 20.2. The molecule has 1 saturated heterocycles. The van der Waals surface area contributed by atoms with Gasteiger partial charge in [-0.05, 0) is 6.42 Å². The fraction of sp³-hybridized carbons (Fsp3) is 0.500. The molecule has 1 aliphatic rings. The number of rotatable bonds is 4. The van der Waals surface area contributed by atoms with E-state index in [1.165, 1.54) is 11.3 Å². The maximum absolute atomic E-state index is 12.5. The van der Waals surface area contributed by atoms with Crippen LogP contribution in [0.3, 0.4) is 0 Å². The number of nitrogens with zero attached hydrogens (tertiary/aromatic N) is 2. The van der Waals surface area contributed by atoms with Crippen LogP contribution in [0.5, 0.6) is 0 Å². The van der Waals surface area contributed by atoms with Gasteiger partial charge in [-0.2, -0.15) is 0 Å². The summed E-state index contributed by atoms with van der Waals surface area (Å²) in [6.07, 6.45) is 2.40. The van der Waals surface area contributed by atoms with Crippen LogP contribution in [0.15, 0.2) is 16.6 Å². The van der Waals surface area contributed by atoms with Gasteiger partial charge in [0.2, 0.25) is 0 Å². The minimum Gasteiger partial charge on any atom is -0.380 e. The second-order valence-corrected chi connectivity index (χ2v) is 6.76. The highest BCUT2D eigenvalue weighted by atomic mass is 32.2. The Morgan fingerprint density at radius 1 is 1.58 bits per heavy atom. The van der Waals surface area contributed by atoms with Gasteiger partial charge in [0.15, 0.2) is 15.8 Å². The zero-order valence-corrected chi connectivity index (χ0v) is 11.9. The summed E-state index contributed by atoms with van der Waals surface area (Å²) in [5, 5.41) is 4.78. The molecule has 2 N–H and O–H groups in total. The Morgan fingerprint density at radius 2 is 2.42 bits per heavy atom. The number of anilines is 1. The standard InChI is InChI=1S/C10H14N4O3S2/c1-11-8-9(14-3-5-18-10(14)12-8)19(15,16)13-7-2-4-17-6-7/h3,5,7,11,13H,2,4,6H2,1H3. The lowest BCUT2D eigenvalue weighted by Crippen LogP contribution is -2.35. The third-order valence-electron chi connectivity index (χ3n) is 2.96. The number of aromatic nitrogens is 2. The van der Waals surface area contributed by atoms with E-state index < -0.39 is 10.0 Å². The van der Waals surface area contributed by atoms with Crippen LogP contribution in [-0.4, -0.2) is 44.1 Å². The van der Waals surface area contributed by atoms with Gasteiger partial charge in [0.05, 0.1) is 6.61 Å². The van der Waals surface area contributed by atoms with Gasteiger partial charge in [0.25, 0.3) is 10.0 Å². The number of hydrogen-bond donors (Lipinski definition) is 2. The van der Waals surface area contributed by atoms with Crippen LogP contribution < -0.4 is 10.0 Å². The molecule has 1 aliphatic heterocycles. The van der Waals surface area contributed by atoms with Crippen LogP contribution in [0.4, 0.5) is 5.82 Å². The topological polar surface area (TPSA) is 84.7 Å². The fourth-order valence-electron chi connectivity index (χ4n) is 2.09. The van der Waals surface area contributed by atoms with E-state index in [4.69, 9.17) is 4.74 Å². The fourth-order valence-corrected chi connectivity index (χ4v) is 4.40. The number of sulfonamides is 1. The number of fused-ring (bicyclic) bond motifs is 1. The van der Waals surface area contributed by atoms with Gasteiger partial charge in [-0.15, -0.1) is 11.3 Å². The smallest absolute Gasteiger partial charge is 0.260 e. The highest BCUT2D eigenvalue weighted by Crippen LogP contribution is 2.25. The minimum atomic E-state index is -3.62. The minimum absolute atomic E-state index is 0.151. The van der Waals surface area contributed by atoms with E-state index in [1.807, 2.05) is 0 Å². The lowest BCUT2D eigenvalue weighted by molar-refractivity contribution is 0.192. The Morgan fingerprint density at radius 3 is 3.11 bits per heavy atom. The lowest BCUT2D eigenvalue weighted by atomic mass is 10.3. The molecule has 9 heteroatoms. The molecule has 1 unspecified atom stereocenters. The second-order valence-electron chi connectivity index (χ2n) is 4.25. The molecule has 0 aromatic carbocycles. The first-order valence-electron chi connectivity index (χ1n) is 5.85. The molecule has 0 saturated carbocycles. The molecule has 1 fully saturated rings. The van der Waals surface area contributed by atoms with Crippen LogP contribution in [0, 0.1) is 0 Å². The molecule has 7 nitrogen and oxygen atoms in total. The summed E-state index contributed by atoms with van der Waals surface area (Å²) in [5.74, 6) is 0.360. The highest BCUT2D eigenvalue weighted by molar-refractivity contribution is 7.89. The summed E-state index contributed by atoms with van der Waals surface area (Å²) in [6.45, 7) is 1.01. The number of thiazole rings is 1. The van der Waals surface area contributed by atoms with Gasteiger partial charge in [0.1, 0.15) is 0 Å². The summed E-state index contributed by atoms with van der Waals surface area (Å²) in [7, 11) is -1.97. The molecule has 2 aromatic rings. The van der Waals surface area contributed by atoms with E-state index in [0.29, 0.717) is 30.4 Å². The summed E-state index contributed by atoms with van der Waals surface area (Å²) < 4.78 is 34.4. The number of nitrogens with one attached hydrogen (secondary N) is 2. The van der Waals surface area contributed by atoms with Crippen molar-refractivity contribution in [1.82, 2.24) is 14.1 Å². The van der Waals surface area contributed by atoms with Crippen LogP contribution in [-0.2, 0) is 14.8 Å². The molecule has 0 radical (unpaired) electrons. The average molecular weight is 302 g/mol. The van der Waals surface area contributed by atoms with Crippen molar-refractivity contribution in [1.29, 1.82) is 0 Å². The maximum atomic E-state index is 12.5. The lowest BCUT2D eigenvalue weighted by Gasteiger charge is -2.11. The second kappa shape index (κ2) is 4.75. The molecule has 0 bridgehead atoms. The van der Waals surface area contributed by atoms with Crippen molar-refractivity contribution in [3.05, 3.63) is 11.6 Å². The van der Waals surface area contributed by atoms with E-state index >= 15 is 0 Å².